The topological polar surface area (TPSA) is 127 Å². The highest BCUT2D eigenvalue weighted by atomic mass is 16.5. The molecule has 10 heteroatoms. The van der Waals surface area contributed by atoms with Crippen LogP contribution in [-0.4, -0.2) is 49.5 Å². The molecule has 0 aliphatic heterocycles. The highest BCUT2D eigenvalue weighted by Gasteiger charge is 2.19. The van der Waals surface area contributed by atoms with Crippen molar-refractivity contribution in [2.45, 2.75) is 12.6 Å². The van der Waals surface area contributed by atoms with Crippen LogP contribution in [0.3, 0.4) is 0 Å². The predicted molar refractivity (Wildman–Crippen MR) is 126 cm³/mol. The van der Waals surface area contributed by atoms with E-state index in [1.165, 1.54) is 6.33 Å². The van der Waals surface area contributed by atoms with E-state index in [1.807, 2.05) is 35.9 Å². The maximum atomic E-state index is 12.9. The summed E-state index contributed by atoms with van der Waals surface area (Å²) >= 11 is 0. The molecule has 4 rings (SSSR count). The smallest absolute Gasteiger partial charge is 0.251 e. The number of aliphatic hydroxyl groups excluding tert-OH is 1. The van der Waals surface area contributed by atoms with E-state index in [9.17, 15) is 9.90 Å². The number of rotatable bonds is 9. The Hall–Kier alpha value is -4.31. The van der Waals surface area contributed by atoms with Crippen molar-refractivity contribution in [1.82, 2.24) is 30.0 Å². The second-order valence-corrected chi connectivity index (χ2v) is 7.48. The van der Waals surface area contributed by atoms with Gasteiger partial charge in [-0.1, -0.05) is 24.3 Å². The van der Waals surface area contributed by atoms with Crippen LogP contribution in [0.2, 0.25) is 0 Å². The Kier molecular flexibility index (Phi) is 7.09. The van der Waals surface area contributed by atoms with Gasteiger partial charge in [0.1, 0.15) is 17.8 Å². The maximum absolute atomic E-state index is 12.9. The number of ether oxygens (including phenoxy) is 1. The molecule has 10 nitrogen and oxygen atoms in total. The summed E-state index contributed by atoms with van der Waals surface area (Å²) in [5, 5.41) is 24.5. The molecule has 0 aliphatic carbocycles. The number of para-hydroxylation sites is 1. The van der Waals surface area contributed by atoms with Crippen LogP contribution in [0.1, 0.15) is 27.8 Å². The first-order valence-electron chi connectivity index (χ1n) is 10.6. The van der Waals surface area contributed by atoms with Gasteiger partial charge in [-0.15, -0.1) is 10.2 Å². The lowest BCUT2D eigenvalue weighted by Gasteiger charge is -2.19. The Labute approximate surface area is 196 Å². The predicted octanol–water partition coefficient (Wildman–Crippen LogP) is 2.36. The second-order valence-electron chi connectivity index (χ2n) is 7.48. The quantitative estimate of drug-likeness (QED) is 0.348. The molecule has 0 fully saturated rings. The molecule has 1 unspecified atom stereocenters. The van der Waals surface area contributed by atoms with Gasteiger partial charge in [-0.2, -0.15) is 0 Å². The van der Waals surface area contributed by atoms with E-state index in [0.29, 0.717) is 40.8 Å². The van der Waals surface area contributed by atoms with Gasteiger partial charge in [-0.25, -0.2) is 9.97 Å². The fourth-order valence-electron chi connectivity index (χ4n) is 3.53. The summed E-state index contributed by atoms with van der Waals surface area (Å²) in [6.07, 6.45) is 3.12. The summed E-state index contributed by atoms with van der Waals surface area (Å²) < 4.78 is 7.21. The molecule has 0 radical (unpaired) electrons. The minimum atomic E-state index is -0.598. The molecule has 0 aliphatic rings. The van der Waals surface area contributed by atoms with Gasteiger partial charge in [0.25, 0.3) is 5.91 Å². The Morgan fingerprint density at radius 2 is 2.00 bits per heavy atom. The maximum Gasteiger partial charge on any atom is 0.251 e. The summed E-state index contributed by atoms with van der Waals surface area (Å²) in [4.78, 5) is 21.0. The number of carbonyl (C=O) groups is 1. The Morgan fingerprint density at radius 1 is 1.15 bits per heavy atom. The first kappa shape index (κ1) is 22.9. The van der Waals surface area contributed by atoms with E-state index in [0.717, 1.165) is 5.69 Å². The van der Waals surface area contributed by atoms with E-state index < -0.39 is 6.04 Å². The largest absolute Gasteiger partial charge is 0.496 e. The molecule has 2 aromatic carbocycles. The lowest BCUT2D eigenvalue weighted by atomic mass is 10.1. The van der Waals surface area contributed by atoms with Crippen LogP contribution in [0.5, 0.6) is 5.75 Å². The normalized spacial score (nSPS) is 11.6. The number of methoxy groups -OCH3 is 1. The van der Waals surface area contributed by atoms with Crippen LogP contribution in [0.25, 0.3) is 11.5 Å². The van der Waals surface area contributed by atoms with Crippen LogP contribution >= 0.6 is 0 Å². The Morgan fingerprint density at radius 3 is 2.76 bits per heavy atom. The zero-order chi connectivity index (χ0) is 23.9. The highest BCUT2D eigenvalue weighted by Crippen LogP contribution is 2.25. The average molecular weight is 460 g/mol. The Bertz CT molecular complexity index is 1260. The van der Waals surface area contributed by atoms with Crippen LogP contribution in [0.15, 0.2) is 67.1 Å². The van der Waals surface area contributed by atoms with Gasteiger partial charge in [0.2, 0.25) is 0 Å². The lowest BCUT2D eigenvalue weighted by Crippen LogP contribution is -2.31. The van der Waals surface area contributed by atoms with E-state index in [-0.39, 0.29) is 12.5 Å². The van der Waals surface area contributed by atoms with Gasteiger partial charge in [-0.3, -0.25) is 4.79 Å². The van der Waals surface area contributed by atoms with E-state index >= 15 is 0 Å². The third-order valence-corrected chi connectivity index (χ3v) is 5.35. The van der Waals surface area contributed by atoms with E-state index in [1.54, 1.807) is 43.6 Å². The molecular weight excluding hydrogens is 434 g/mol. The molecule has 0 bridgehead atoms. The van der Waals surface area contributed by atoms with Crippen molar-refractivity contribution < 1.29 is 14.6 Å². The standard InChI is InChI=1S/C24H25N7O3/c1-31-22(29-30-23(31)19-10-11-25-15-27-19)13-26-17-7-5-6-16(12-17)24(33)28-20(14-32)18-8-3-4-9-21(18)34-2/h3-12,15,20,26,32H,13-14H2,1-2H3,(H,28,33). The average Bonchev–Trinajstić information content (AvgIpc) is 3.26. The zero-order valence-electron chi connectivity index (χ0n) is 18.8. The van der Waals surface area contributed by atoms with Gasteiger partial charge < -0.3 is 25.0 Å². The van der Waals surface area contributed by atoms with Crippen LogP contribution < -0.4 is 15.4 Å². The van der Waals surface area contributed by atoms with Crippen LogP contribution in [0, 0.1) is 0 Å². The number of carbonyl (C=O) groups excluding carboxylic acids is 1. The van der Waals surface area contributed by atoms with Crippen molar-refractivity contribution in [3.63, 3.8) is 0 Å². The highest BCUT2D eigenvalue weighted by molar-refractivity contribution is 5.95. The number of hydrogen-bond acceptors (Lipinski definition) is 8. The molecule has 2 heterocycles. The summed E-state index contributed by atoms with van der Waals surface area (Å²) in [5.74, 6) is 1.64. The molecule has 1 amide bonds. The van der Waals surface area contributed by atoms with Crippen LogP contribution in [-0.2, 0) is 13.6 Å². The number of nitrogens with zero attached hydrogens (tertiary/aromatic N) is 5. The van der Waals surface area contributed by atoms with Gasteiger partial charge in [-0.05, 0) is 30.3 Å². The molecule has 2 aromatic heterocycles. The fraction of sp³-hybridized carbons (Fsp3) is 0.208. The van der Waals surface area contributed by atoms with Gasteiger partial charge in [0, 0.05) is 30.1 Å². The van der Waals surface area contributed by atoms with Crippen molar-refractivity contribution in [1.29, 1.82) is 0 Å². The van der Waals surface area contributed by atoms with E-state index in [2.05, 4.69) is 30.8 Å². The van der Waals surface area contributed by atoms with Crippen molar-refractivity contribution in [2.75, 3.05) is 19.0 Å². The summed E-state index contributed by atoms with van der Waals surface area (Å²) in [6, 6.07) is 15.6. The molecule has 0 saturated carbocycles. The van der Waals surface area contributed by atoms with Gasteiger partial charge in [0.05, 0.1) is 26.3 Å². The van der Waals surface area contributed by atoms with E-state index in [4.69, 9.17) is 4.74 Å². The number of aromatic nitrogens is 5. The molecule has 4 aromatic rings. The molecule has 1 atom stereocenters. The summed E-state index contributed by atoms with van der Waals surface area (Å²) in [6.45, 7) is 0.144. The van der Waals surface area contributed by atoms with Crippen LogP contribution in [0.4, 0.5) is 5.69 Å². The lowest BCUT2D eigenvalue weighted by molar-refractivity contribution is 0.0915. The fourth-order valence-corrected chi connectivity index (χ4v) is 3.53. The third kappa shape index (κ3) is 5.02. The molecule has 0 saturated heterocycles. The number of anilines is 1. The molecule has 34 heavy (non-hydrogen) atoms. The third-order valence-electron chi connectivity index (χ3n) is 5.35. The first-order chi connectivity index (χ1) is 16.6. The number of aliphatic hydroxyl groups is 1. The zero-order valence-corrected chi connectivity index (χ0v) is 18.8. The number of hydrogen-bond donors (Lipinski definition) is 3. The molecule has 0 spiro atoms. The first-order valence-corrected chi connectivity index (χ1v) is 10.6. The minimum absolute atomic E-state index is 0.259. The Balaban J connectivity index is 1.44. The van der Waals surface area contributed by atoms with Crippen molar-refractivity contribution in [3.05, 3.63) is 84.1 Å². The summed E-state index contributed by atoms with van der Waals surface area (Å²) in [5.41, 5.74) is 2.59. The monoisotopic (exact) mass is 459 g/mol. The molecule has 3 N–H and O–H groups in total. The molecule has 174 valence electrons. The van der Waals surface area contributed by atoms with Crippen molar-refractivity contribution in [3.8, 4) is 17.3 Å². The number of nitrogens with one attached hydrogen (secondary N) is 2. The number of benzene rings is 2. The van der Waals surface area contributed by atoms with Crippen molar-refractivity contribution in [2.24, 2.45) is 7.05 Å². The SMILES string of the molecule is COc1ccccc1C(CO)NC(=O)c1cccc(NCc2nnc(-c3ccncn3)n2C)c1. The summed E-state index contributed by atoms with van der Waals surface area (Å²) in [7, 11) is 3.42. The van der Waals surface area contributed by atoms with Crippen molar-refractivity contribution >= 4 is 11.6 Å². The number of amides is 1. The van der Waals surface area contributed by atoms with Gasteiger partial charge >= 0.3 is 0 Å². The second kappa shape index (κ2) is 10.5. The van der Waals surface area contributed by atoms with Gasteiger partial charge in [0.15, 0.2) is 11.6 Å². The minimum Gasteiger partial charge on any atom is -0.496 e. The molecular formula is C24H25N7O3.